The number of carbonyl (C=O) groups excluding carboxylic acids is 1. The smallest absolute Gasteiger partial charge is 0.328 e. The van der Waals surface area contributed by atoms with Gasteiger partial charge in [-0.1, -0.05) is 12.2 Å². The highest BCUT2D eigenvalue weighted by atomic mass is 32.1. The Morgan fingerprint density at radius 1 is 1.60 bits per heavy atom. The van der Waals surface area contributed by atoms with Gasteiger partial charge in [0, 0.05) is 6.20 Å². The van der Waals surface area contributed by atoms with Crippen molar-refractivity contribution in [2.75, 3.05) is 6.61 Å². The molecule has 0 spiro atoms. The van der Waals surface area contributed by atoms with E-state index in [9.17, 15) is 9.59 Å². The maximum Gasteiger partial charge on any atom is 0.328 e. The highest BCUT2D eigenvalue weighted by Gasteiger charge is 2.28. The summed E-state index contributed by atoms with van der Waals surface area (Å²) in [6, 6.07) is 0. The maximum absolute atomic E-state index is 11.8. The van der Waals surface area contributed by atoms with Crippen molar-refractivity contribution in [3.8, 4) is 0 Å². The lowest BCUT2D eigenvalue weighted by Gasteiger charge is -2.16. The van der Waals surface area contributed by atoms with E-state index in [1.165, 1.54) is 10.8 Å². The lowest BCUT2D eigenvalue weighted by molar-refractivity contribution is -0.0216. The molecule has 10 heteroatoms. The van der Waals surface area contributed by atoms with E-state index in [1.807, 2.05) is 0 Å². The van der Waals surface area contributed by atoms with Crippen LogP contribution < -0.4 is 5.69 Å². The average molecular weight is 320 g/mol. The third kappa shape index (κ3) is 3.57. The fraction of sp³-hybridized carbons (Fsp3) is 0.500. The van der Waals surface area contributed by atoms with Crippen molar-refractivity contribution in [3.63, 3.8) is 0 Å². The van der Waals surface area contributed by atoms with Crippen LogP contribution in [0.15, 0.2) is 11.0 Å². The number of aromatic amines is 1. The monoisotopic (exact) mass is 320 g/mol. The Morgan fingerprint density at radius 3 is 3.00 bits per heavy atom. The van der Waals surface area contributed by atoms with E-state index in [-0.39, 0.29) is 22.9 Å². The van der Waals surface area contributed by atoms with E-state index in [2.05, 4.69) is 9.51 Å². The van der Waals surface area contributed by atoms with Crippen molar-refractivity contribution in [2.45, 2.75) is 25.2 Å². The summed E-state index contributed by atoms with van der Waals surface area (Å²) in [5.41, 5.74) is -0.254. The van der Waals surface area contributed by atoms with Crippen LogP contribution in [0.5, 0.6) is 0 Å². The van der Waals surface area contributed by atoms with Gasteiger partial charge in [-0.3, -0.25) is 14.3 Å². The molecule has 3 N–H and O–H groups in total. The van der Waals surface area contributed by atoms with Crippen LogP contribution in [0.25, 0.3) is 0 Å². The number of nitrogens with one attached hydrogen (secondary N) is 1. The molecule has 1 aliphatic heterocycles. The van der Waals surface area contributed by atoms with Gasteiger partial charge in [0.2, 0.25) is 0 Å². The van der Waals surface area contributed by atoms with Crippen molar-refractivity contribution in [3.05, 3.63) is 26.9 Å². The molecular weight excluding hydrogens is 307 g/mol. The zero-order chi connectivity index (χ0) is 14.7. The summed E-state index contributed by atoms with van der Waals surface area (Å²) >= 11 is 4.85. The van der Waals surface area contributed by atoms with Crippen LogP contribution in [0.3, 0.4) is 0 Å². The molecule has 2 unspecified atom stereocenters. The van der Waals surface area contributed by atoms with Crippen molar-refractivity contribution in [1.82, 2.24) is 9.55 Å². The quantitative estimate of drug-likeness (QED) is 0.414. The molecule has 0 radical (unpaired) electrons. The molecule has 1 saturated heterocycles. The van der Waals surface area contributed by atoms with Gasteiger partial charge in [0.05, 0.1) is 18.3 Å². The molecule has 0 amide bonds. The molecule has 1 fully saturated rings. The van der Waals surface area contributed by atoms with E-state index in [0.717, 1.165) is 0 Å². The molecule has 110 valence electrons. The summed E-state index contributed by atoms with van der Waals surface area (Å²) in [4.78, 5) is 42.4. The number of hydrogen-bond acceptors (Lipinski definition) is 7. The molecular formula is C10H13N2O6PS. The van der Waals surface area contributed by atoms with E-state index in [1.54, 1.807) is 0 Å². The van der Waals surface area contributed by atoms with E-state index in [0.29, 0.717) is 19.1 Å². The number of hydrogen-bond donors (Lipinski definition) is 3. The number of ether oxygens (including phenoxy) is 1. The summed E-state index contributed by atoms with van der Waals surface area (Å²) in [6.45, 7) is 0.0350. The summed E-state index contributed by atoms with van der Waals surface area (Å²) in [7, 11) is -2.42. The van der Waals surface area contributed by atoms with Gasteiger partial charge in [-0.05, 0) is 12.8 Å². The molecule has 20 heavy (non-hydrogen) atoms. The topological polar surface area (TPSA) is 114 Å². The van der Waals surface area contributed by atoms with Gasteiger partial charge in [0.25, 0.3) is 0 Å². The first-order valence-corrected chi connectivity index (χ1v) is 7.35. The minimum atomic E-state index is -2.42. The Balaban J connectivity index is 2.12. The first kappa shape index (κ1) is 15.4. The van der Waals surface area contributed by atoms with Crippen molar-refractivity contribution in [1.29, 1.82) is 0 Å². The third-order valence-electron chi connectivity index (χ3n) is 2.89. The molecule has 2 atom stereocenters. The molecule has 1 aromatic heterocycles. The summed E-state index contributed by atoms with van der Waals surface area (Å²) < 4.78 is 11.6. The molecule has 0 saturated carbocycles. The fourth-order valence-corrected chi connectivity index (χ4v) is 2.45. The summed E-state index contributed by atoms with van der Waals surface area (Å²) in [6.07, 6.45) is 2.20. The Labute approximate surface area is 120 Å². The predicted molar refractivity (Wildman–Crippen MR) is 71.7 cm³/mol. The third-order valence-corrected chi connectivity index (χ3v) is 3.61. The number of carbonyl (C=O) groups is 1. The highest BCUT2D eigenvalue weighted by molar-refractivity contribution is 7.71. The molecule has 8 nitrogen and oxygen atoms in total. The highest BCUT2D eigenvalue weighted by Crippen LogP contribution is 2.31. The van der Waals surface area contributed by atoms with E-state index in [4.69, 9.17) is 26.7 Å². The van der Waals surface area contributed by atoms with Crippen LogP contribution in [0.1, 0.15) is 29.4 Å². The number of nitrogens with zero attached hydrogens (tertiary/aromatic N) is 1. The molecule has 0 bridgehead atoms. The molecule has 1 aliphatic rings. The van der Waals surface area contributed by atoms with Gasteiger partial charge >= 0.3 is 14.3 Å². The average Bonchev–Trinajstić information content (AvgIpc) is 2.85. The largest absolute Gasteiger partial charge is 0.352 e. The zero-order valence-electron chi connectivity index (χ0n) is 10.3. The van der Waals surface area contributed by atoms with Crippen molar-refractivity contribution < 1.29 is 23.8 Å². The Kier molecular flexibility index (Phi) is 5.14. The first-order chi connectivity index (χ1) is 9.51. The van der Waals surface area contributed by atoms with Gasteiger partial charge in [0.1, 0.15) is 10.9 Å². The molecule has 0 aliphatic carbocycles. The van der Waals surface area contributed by atoms with E-state index < -0.39 is 20.5 Å². The molecule has 0 aromatic carbocycles. The molecule has 2 heterocycles. The fourth-order valence-electron chi connectivity index (χ4n) is 1.96. The molecule has 2 rings (SSSR count). The second-order valence-electron chi connectivity index (χ2n) is 4.21. The maximum atomic E-state index is 11.8. The zero-order valence-corrected chi connectivity index (χ0v) is 12.0. The van der Waals surface area contributed by atoms with Crippen LogP contribution >= 0.6 is 20.8 Å². The van der Waals surface area contributed by atoms with Crippen LogP contribution in [-0.4, -0.2) is 38.3 Å². The normalized spacial score (nSPS) is 22.4. The van der Waals surface area contributed by atoms with Crippen LogP contribution in [-0.2, 0) is 9.26 Å². The SMILES string of the molecule is O=Cc1cn(C2CCC(COP(O)O)O2)c(=O)[nH]c1=S. The van der Waals surface area contributed by atoms with Gasteiger partial charge in [-0.25, -0.2) is 4.79 Å². The lowest BCUT2D eigenvalue weighted by atomic mass is 10.2. The van der Waals surface area contributed by atoms with Crippen LogP contribution in [0, 0.1) is 4.64 Å². The van der Waals surface area contributed by atoms with Crippen LogP contribution in [0.4, 0.5) is 0 Å². The minimum absolute atomic E-state index is 0.0350. The lowest BCUT2D eigenvalue weighted by Crippen LogP contribution is -2.28. The second kappa shape index (κ2) is 6.66. The summed E-state index contributed by atoms with van der Waals surface area (Å²) in [5, 5.41) is 0. The Morgan fingerprint density at radius 2 is 2.35 bits per heavy atom. The van der Waals surface area contributed by atoms with Crippen molar-refractivity contribution >= 4 is 27.1 Å². The number of H-pyrrole nitrogens is 1. The van der Waals surface area contributed by atoms with Gasteiger partial charge < -0.3 is 19.0 Å². The number of aldehydes is 1. The minimum Gasteiger partial charge on any atom is -0.352 e. The Bertz CT molecular complexity index is 600. The summed E-state index contributed by atoms with van der Waals surface area (Å²) in [5.74, 6) is 0. The van der Waals surface area contributed by atoms with Crippen molar-refractivity contribution in [2.24, 2.45) is 0 Å². The predicted octanol–water partition coefficient (Wildman–Crippen LogP) is 0.624. The van der Waals surface area contributed by atoms with Gasteiger partial charge in [-0.2, -0.15) is 0 Å². The van der Waals surface area contributed by atoms with Crippen LogP contribution in [0.2, 0.25) is 0 Å². The molecule has 1 aromatic rings. The number of rotatable bonds is 5. The second-order valence-corrected chi connectivity index (χ2v) is 5.38. The van der Waals surface area contributed by atoms with E-state index >= 15 is 0 Å². The van der Waals surface area contributed by atoms with Gasteiger partial charge in [-0.15, -0.1) is 0 Å². The standard InChI is InChI=1S/C10H13N2O6PS/c13-4-6-3-12(10(14)11-9(6)20)8-2-1-7(18-8)5-17-19(15)16/h3-4,7-8,15-16H,1-2,5H2,(H,11,14,20). The van der Waals surface area contributed by atoms with Gasteiger partial charge in [0.15, 0.2) is 6.29 Å². The first-order valence-electron chi connectivity index (χ1n) is 5.78. The Hall–Kier alpha value is -0.960. The number of aromatic nitrogens is 2.